The van der Waals surface area contributed by atoms with Crippen LogP contribution < -0.4 is 11.1 Å². The Hall–Kier alpha value is -3.73. The van der Waals surface area contributed by atoms with Crippen LogP contribution in [0.3, 0.4) is 0 Å². The Morgan fingerprint density at radius 2 is 1.44 bits per heavy atom. The lowest BCUT2D eigenvalue weighted by Crippen LogP contribution is -2.49. The van der Waals surface area contributed by atoms with E-state index >= 15 is 0 Å². The summed E-state index contributed by atoms with van der Waals surface area (Å²) in [5.74, 6) is -0.0610. The number of benzene rings is 3. The maximum absolute atomic E-state index is 13.0. The Kier molecular flexibility index (Phi) is 6.92. The first-order valence-corrected chi connectivity index (χ1v) is 12.1. The van der Waals surface area contributed by atoms with E-state index in [0.29, 0.717) is 11.3 Å². The fourth-order valence-corrected chi connectivity index (χ4v) is 5.01. The van der Waals surface area contributed by atoms with Crippen LogP contribution in [0, 0.1) is 5.41 Å². The maximum Gasteiger partial charge on any atom is 0.430 e. The van der Waals surface area contributed by atoms with Gasteiger partial charge in [0.15, 0.2) is 0 Å². The van der Waals surface area contributed by atoms with Crippen molar-refractivity contribution in [3.63, 3.8) is 0 Å². The molecule has 1 fully saturated rings. The van der Waals surface area contributed by atoms with E-state index in [0.717, 1.165) is 11.1 Å². The molecular formula is C24H25N5O4S. The number of hydrogen-bond donors (Lipinski definition) is 3. The maximum atomic E-state index is 13.0. The van der Waals surface area contributed by atoms with E-state index in [9.17, 15) is 13.2 Å². The van der Waals surface area contributed by atoms with Crippen LogP contribution >= 0.6 is 0 Å². The highest BCUT2D eigenvalue weighted by molar-refractivity contribution is 7.89. The second-order valence-corrected chi connectivity index (χ2v) is 9.66. The van der Waals surface area contributed by atoms with Gasteiger partial charge in [0, 0.05) is 37.4 Å². The van der Waals surface area contributed by atoms with Crippen molar-refractivity contribution in [3.8, 4) is 11.1 Å². The van der Waals surface area contributed by atoms with Gasteiger partial charge >= 0.3 is 6.09 Å². The summed E-state index contributed by atoms with van der Waals surface area (Å²) < 4.78 is 27.5. The van der Waals surface area contributed by atoms with Gasteiger partial charge in [-0.2, -0.15) is 4.31 Å². The molecule has 0 saturated carbocycles. The minimum atomic E-state index is -3.65. The molecule has 0 aromatic heterocycles. The van der Waals surface area contributed by atoms with E-state index in [2.05, 4.69) is 5.32 Å². The van der Waals surface area contributed by atoms with Crippen molar-refractivity contribution in [1.29, 1.82) is 5.41 Å². The first-order valence-electron chi connectivity index (χ1n) is 10.7. The predicted octanol–water partition coefficient (Wildman–Crippen LogP) is 3.11. The summed E-state index contributed by atoms with van der Waals surface area (Å²) in [5.41, 5.74) is 8.42. The molecule has 3 aromatic rings. The average Bonchev–Trinajstić information content (AvgIpc) is 2.85. The molecule has 4 N–H and O–H groups in total. The lowest BCUT2D eigenvalue weighted by Gasteiger charge is -2.32. The zero-order chi connectivity index (χ0) is 24.1. The standard InChI is InChI=1S/C24H25N5O4S/c25-23(26)20-6-10-21(11-7-20)27-24(30)33-28-14-16-29(17-15-28)34(31,32)22-12-8-19(9-13-22)18-4-2-1-3-5-18/h1-13H,14-17H2,(H3,25,26)(H,27,30). The van der Waals surface area contributed by atoms with E-state index < -0.39 is 16.1 Å². The van der Waals surface area contributed by atoms with Gasteiger partial charge in [0.1, 0.15) is 5.84 Å². The van der Waals surface area contributed by atoms with E-state index in [1.165, 1.54) is 9.37 Å². The fraction of sp³-hybridized carbons (Fsp3) is 0.167. The molecule has 1 heterocycles. The number of nitrogen functional groups attached to an aromatic ring is 1. The number of amides is 1. The molecule has 3 aromatic carbocycles. The molecule has 9 nitrogen and oxygen atoms in total. The van der Waals surface area contributed by atoms with Gasteiger partial charge in [0.25, 0.3) is 0 Å². The molecule has 0 radical (unpaired) electrons. The number of nitrogens with one attached hydrogen (secondary N) is 2. The Labute approximate surface area is 198 Å². The normalized spacial score (nSPS) is 14.9. The summed E-state index contributed by atoms with van der Waals surface area (Å²) in [6.45, 7) is 0.892. The predicted molar refractivity (Wildman–Crippen MR) is 130 cm³/mol. The van der Waals surface area contributed by atoms with Gasteiger partial charge < -0.3 is 10.6 Å². The largest absolute Gasteiger partial charge is 0.430 e. The molecule has 0 unspecified atom stereocenters. The number of carbonyl (C=O) groups is 1. The van der Waals surface area contributed by atoms with Crippen molar-refractivity contribution in [2.24, 2.45) is 5.73 Å². The van der Waals surface area contributed by atoms with Crippen LogP contribution in [0.25, 0.3) is 11.1 Å². The third kappa shape index (κ3) is 5.42. The number of anilines is 1. The van der Waals surface area contributed by atoms with E-state index in [4.69, 9.17) is 16.0 Å². The summed E-state index contributed by atoms with van der Waals surface area (Å²) in [4.78, 5) is 17.7. The van der Waals surface area contributed by atoms with Gasteiger partial charge in [-0.05, 0) is 47.5 Å². The molecule has 176 valence electrons. The van der Waals surface area contributed by atoms with Gasteiger partial charge in [-0.25, -0.2) is 13.2 Å². The van der Waals surface area contributed by atoms with Crippen LogP contribution in [0.15, 0.2) is 83.8 Å². The minimum absolute atomic E-state index is 0.0610. The second kappa shape index (κ2) is 10.0. The Balaban J connectivity index is 1.31. The Bertz CT molecular complexity index is 1250. The van der Waals surface area contributed by atoms with Crippen molar-refractivity contribution in [3.05, 3.63) is 84.4 Å². The second-order valence-electron chi connectivity index (χ2n) is 7.72. The van der Waals surface area contributed by atoms with Crippen LogP contribution in [0.2, 0.25) is 0 Å². The summed E-state index contributed by atoms with van der Waals surface area (Å²) in [6.07, 6.45) is -0.677. The van der Waals surface area contributed by atoms with Crippen molar-refractivity contribution in [1.82, 2.24) is 9.37 Å². The van der Waals surface area contributed by atoms with Crippen molar-refractivity contribution in [2.75, 3.05) is 31.5 Å². The molecule has 1 amide bonds. The van der Waals surface area contributed by atoms with Crippen molar-refractivity contribution >= 4 is 27.6 Å². The van der Waals surface area contributed by atoms with Gasteiger partial charge in [0.05, 0.1) is 4.90 Å². The molecule has 1 aliphatic heterocycles. The topological polar surface area (TPSA) is 129 Å². The molecule has 1 aliphatic rings. The van der Waals surface area contributed by atoms with Crippen LogP contribution in [-0.4, -0.2) is 55.9 Å². The minimum Gasteiger partial charge on any atom is -0.384 e. The van der Waals surface area contributed by atoms with Crippen molar-refractivity contribution in [2.45, 2.75) is 4.90 Å². The van der Waals surface area contributed by atoms with Crippen molar-refractivity contribution < 1.29 is 18.0 Å². The van der Waals surface area contributed by atoms with Crippen LogP contribution in [0.1, 0.15) is 5.56 Å². The molecule has 1 saturated heterocycles. The molecule has 4 rings (SSSR count). The number of carbonyl (C=O) groups excluding carboxylic acids is 1. The monoisotopic (exact) mass is 479 g/mol. The van der Waals surface area contributed by atoms with E-state index in [1.54, 1.807) is 48.5 Å². The SMILES string of the molecule is N=C(N)c1ccc(NC(=O)ON2CCN(S(=O)(=O)c3ccc(-c4ccccc4)cc3)CC2)cc1. The third-order valence-corrected chi connectivity index (χ3v) is 7.36. The lowest BCUT2D eigenvalue weighted by molar-refractivity contribution is -0.109. The van der Waals surface area contributed by atoms with Crippen LogP contribution in [0.5, 0.6) is 0 Å². The molecular weight excluding hydrogens is 454 g/mol. The number of nitrogens with two attached hydrogens (primary N) is 1. The summed E-state index contributed by atoms with van der Waals surface area (Å²) >= 11 is 0. The fourth-order valence-electron chi connectivity index (χ4n) is 3.59. The number of piperazine rings is 1. The molecule has 34 heavy (non-hydrogen) atoms. The lowest BCUT2D eigenvalue weighted by atomic mass is 10.1. The summed E-state index contributed by atoms with van der Waals surface area (Å²) in [7, 11) is -3.65. The first-order chi connectivity index (χ1) is 16.3. The smallest absolute Gasteiger partial charge is 0.384 e. The molecule has 0 spiro atoms. The first kappa shape index (κ1) is 23.4. The number of hydrogen-bond acceptors (Lipinski definition) is 6. The number of nitrogens with zero attached hydrogens (tertiary/aromatic N) is 2. The molecule has 10 heteroatoms. The van der Waals surface area contributed by atoms with E-state index in [-0.39, 0.29) is 36.9 Å². The number of sulfonamides is 1. The molecule has 0 atom stereocenters. The third-order valence-electron chi connectivity index (χ3n) is 5.45. The molecule has 0 aliphatic carbocycles. The number of amidine groups is 1. The van der Waals surface area contributed by atoms with Gasteiger partial charge in [-0.3, -0.25) is 10.7 Å². The van der Waals surface area contributed by atoms with E-state index in [1.807, 2.05) is 30.3 Å². The average molecular weight is 480 g/mol. The highest BCUT2D eigenvalue weighted by atomic mass is 32.2. The van der Waals surface area contributed by atoms with Gasteiger partial charge in [0.2, 0.25) is 10.0 Å². The zero-order valence-corrected chi connectivity index (χ0v) is 19.2. The highest BCUT2D eigenvalue weighted by Crippen LogP contribution is 2.23. The zero-order valence-electron chi connectivity index (χ0n) is 18.3. The van der Waals surface area contributed by atoms with Gasteiger partial charge in [-0.15, -0.1) is 5.06 Å². The highest BCUT2D eigenvalue weighted by Gasteiger charge is 2.30. The molecule has 0 bridgehead atoms. The van der Waals surface area contributed by atoms with Crippen LogP contribution in [0.4, 0.5) is 10.5 Å². The number of rotatable bonds is 6. The Morgan fingerprint density at radius 3 is 2.03 bits per heavy atom. The van der Waals surface area contributed by atoms with Crippen LogP contribution in [-0.2, 0) is 14.9 Å². The van der Waals surface area contributed by atoms with Gasteiger partial charge in [-0.1, -0.05) is 42.5 Å². The Morgan fingerprint density at radius 1 is 0.853 bits per heavy atom. The summed E-state index contributed by atoms with van der Waals surface area (Å²) in [6, 6.07) is 23.1. The quantitative estimate of drug-likeness (QED) is 0.368. The summed E-state index contributed by atoms with van der Waals surface area (Å²) in [5, 5.41) is 11.4. The number of hydroxylamine groups is 2.